The molecule has 1 saturated heterocycles. The molecular formula is C16H24N2O. The predicted octanol–water partition coefficient (Wildman–Crippen LogP) is 2.05. The van der Waals surface area contributed by atoms with E-state index >= 15 is 0 Å². The highest BCUT2D eigenvalue weighted by atomic mass is 16.5. The van der Waals surface area contributed by atoms with Crippen molar-refractivity contribution in [2.24, 2.45) is 5.92 Å². The lowest BCUT2D eigenvalue weighted by molar-refractivity contribution is 0.339. The number of fused-ring (bicyclic) bond motifs is 1. The largest absolute Gasteiger partial charge is 0.493 e. The van der Waals surface area contributed by atoms with Crippen LogP contribution >= 0.6 is 0 Å². The Morgan fingerprint density at radius 2 is 2.37 bits per heavy atom. The highest BCUT2D eigenvalue weighted by Crippen LogP contribution is 2.25. The minimum absolute atomic E-state index is 0.831. The van der Waals surface area contributed by atoms with Gasteiger partial charge in [-0.25, -0.2) is 0 Å². The first-order valence-corrected chi connectivity index (χ1v) is 7.53. The molecule has 1 N–H and O–H groups in total. The summed E-state index contributed by atoms with van der Waals surface area (Å²) in [5.74, 6) is 1.91. The molecule has 19 heavy (non-hydrogen) atoms. The molecule has 3 heteroatoms. The normalized spacial score (nSPS) is 22.5. The maximum atomic E-state index is 5.54. The second-order valence-corrected chi connectivity index (χ2v) is 5.72. The van der Waals surface area contributed by atoms with Gasteiger partial charge in [0.1, 0.15) is 5.75 Å². The van der Waals surface area contributed by atoms with E-state index in [2.05, 4.69) is 35.3 Å². The molecule has 1 atom stereocenters. The van der Waals surface area contributed by atoms with Crippen molar-refractivity contribution >= 4 is 0 Å². The summed E-state index contributed by atoms with van der Waals surface area (Å²) in [5.41, 5.74) is 2.76. The van der Waals surface area contributed by atoms with E-state index in [9.17, 15) is 0 Å². The highest BCUT2D eigenvalue weighted by molar-refractivity contribution is 5.39. The number of nitrogens with zero attached hydrogens (tertiary/aromatic N) is 1. The van der Waals surface area contributed by atoms with Crippen LogP contribution in [0, 0.1) is 5.92 Å². The molecule has 1 fully saturated rings. The minimum atomic E-state index is 0.831. The van der Waals surface area contributed by atoms with Crippen LogP contribution in [0.2, 0.25) is 0 Å². The molecule has 0 aliphatic carbocycles. The van der Waals surface area contributed by atoms with Gasteiger partial charge in [-0.15, -0.1) is 0 Å². The fourth-order valence-corrected chi connectivity index (χ4v) is 3.14. The summed E-state index contributed by atoms with van der Waals surface area (Å²) < 4.78 is 5.54. The summed E-state index contributed by atoms with van der Waals surface area (Å²) in [5, 5.41) is 3.61. The molecule has 0 bridgehead atoms. The topological polar surface area (TPSA) is 24.5 Å². The van der Waals surface area contributed by atoms with Crippen LogP contribution < -0.4 is 10.1 Å². The second kappa shape index (κ2) is 5.93. The van der Waals surface area contributed by atoms with Gasteiger partial charge in [-0.05, 0) is 49.2 Å². The summed E-state index contributed by atoms with van der Waals surface area (Å²) >= 11 is 0. The van der Waals surface area contributed by atoms with E-state index in [0.717, 1.165) is 37.8 Å². The van der Waals surface area contributed by atoms with Crippen LogP contribution in [0.3, 0.4) is 0 Å². The molecule has 2 aliphatic heterocycles. The molecule has 1 unspecified atom stereocenters. The Kier molecular flexibility index (Phi) is 4.04. The number of ether oxygens (including phenoxy) is 1. The van der Waals surface area contributed by atoms with Gasteiger partial charge >= 0.3 is 0 Å². The van der Waals surface area contributed by atoms with Crippen molar-refractivity contribution in [3.63, 3.8) is 0 Å². The Balaban J connectivity index is 1.45. The van der Waals surface area contributed by atoms with Gasteiger partial charge in [0.05, 0.1) is 6.61 Å². The molecular weight excluding hydrogens is 236 g/mol. The first-order chi connectivity index (χ1) is 9.35. The zero-order chi connectivity index (χ0) is 13.1. The second-order valence-electron chi connectivity index (χ2n) is 5.72. The minimum Gasteiger partial charge on any atom is -0.493 e. The van der Waals surface area contributed by atoms with Crippen molar-refractivity contribution in [3.05, 3.63) is 29.3 Å². The summed E-state index contributed by atoms with van der Waals surface area (Å²) in [6.45, 7) is 8.96. The van der Waals surface area contributed by atoms with Gasteiger partial charge < -0.3 is 15.0 Å². The third-order valence-electron chi connectivity index (χ3n) is 4.33. The van der Waals surface area contributed by atoms with Crippen molar-refractivity contribution < 1.29 is 4.74 Å². The Morgan fingerprint density at radius 1 is 1.42 bits per heavy atom. The molecule has 104 valence electrons. The summed E-state index contributed by atoms with van der Waals surface area (Å²) in [4.78, 5) is 2.54. The summed E-state index contributed by atoms with van der Waals surface area (Å²) in [7, 11) is 0. The van der Waals surface area contributed by atoms with Gasteiger partial charge in [0.25, 0.3) is 0 Å². The molecule has 2 aliphatic rings. The Bertz CT molecular complexity index is 433. The lowest BCUT2D eigenvalue weighted by Gasteiger charge is -2.14. The smallest absolute Gasteiger partial charge is 0.122 e. The van der Waals surface area contributed by atoms with E-state index in [1.165, 1.54) is 37.2 Å². The molecule has 3 rings (SSSR count). The van der Waals surface area contributed by atoms with Crippen molar-refractivity contribution in [3.8, 4) is 5.75 Å². The van der Waals surface area contributed by atoms with Gasteiger partial charge in [-0.3, -0.25) is 0 Å². The lowest BCUT2D eigenvalue weighted by Crippen LogP contribution is -2.26. The van der Waals surface area contributed by atoms with E-state index < -0.39 is 0 Å². The van der Waals surface area contributed by atoms with Crippen LogP contribution in [0.1, 0.15) is 24.5 Å². The molecule has 1 aromatic rings. The van der Waals surface area contributed by atoms with Crippen LogP contribution in [-0.2, 0) is 13.0 Å². The van der Waals surface area contributed by atoms with Crippen LogP contribution in [-0.4, -0.2) is 37.7 Å². The average Bonchev–Trinajstić information content (AvgIpc) is 3.06. The van der Waals surface area contributed by atoms with Crippen LogP contribution in [0.25, 0.3) is 0 Å². The first kappa shape index (κ1) is 12.9. The molecule has 0 radical (unpaired) electrons. The standard InChI is InChI=1S/C16H24N2O/c1-2-18-7-5-14(12-18)11-17-10-13-3-4-16-15(9-13)6-8-19-16/h3-4,9,14,17H,2,5-8,10-12H2,1H3. The molecule has 2 heterocycles. The van der Waals surface area contributed by atoms with Crippen LogP contribution in [0.4, 0.5) is 0 Å². The number of likely N-dealkylation sites (tertiary alicyclic amines) is 1. The fraction of sp³-hybridized carbons (Fsp3) is 0.625. The Labute approximate surface area is 115 Å². The third-order valence-corrected chi connectivity index (χ3v) is 4.33. The van der Waals surface area contributed by atoms with Crippen molar-refractivity contribution in [1.29, 1.82) is 0 Å². The molecule has 0 saturated carbocycles. The van der Waals surface area contributed by atoms with E-state index in [1.54, 1.807) is 0 Å². The maximum Gasteiger partial charge on any atom is 0.122 e. The Hall–Kier alpha value is -1.06. The average molecular weight is 260 g/mol. The quantitative estimate of drug-likeness (QED) is 0.877. The highest BCUT2D eigenvalue weighted by Gasteiger charge is 2.20. The van der Waals surface area contributed by atoms with Gasteiger partial charge in [-0.2, -0.15) is 0 Å². The maximum absolute atomic E-state index is 5.54. The number of nitrogens with one attached hydrogen (secondary N) is 1. The zero-order valence-corrected chi connectivity index (χ0v) is 11.8. The monoisotopic (exact) mass is 260 g/mol. The van der Waals surface area contributed by atoms with E-state index in [-0.39, 0.29) is 0 Å². The van der Waals surface area contributed by atoms with E-state index in [4.69, 9.17) is 4.74 Å². The fourth-order valence-electron chi connectivity index (χ4n) is 3.14. The van der Waals surface area contributed by atoms with Crippen LogP contribution in [0.15, 0.2) is 18.2 Å². The van der Waals surface area contributed by atoms with Gasteiger partial charge in [0.2, 0.25) is 0 Å². The molecule has 0 spiro atoms. The van der Waals surface area contributed by atoms with E-state index in [1.807, 2.05) is 0 Å². The Morgan fingerprint density at radius 3 is 3.21 bits per heavy atom. The van der Waals surface area contributed by atoms with Crippen LogP contribution in [0.5, 0.6) is 5.75 Å². The molecule has 1 aromatic carbocycles. The van der Waals surface area contributed by atoms with Gasteiger partial charge in [-0.1, -0.05) is 19.1 Å². The van der Waals surface area contributed by atoms with Crippen molar-refractivity contribution in [1.82, 2.24) is 10.2 Å². The summed E-state index contributed by atoms with van der Waals surface area (Å²) in [6, 6.07) is 6.60. The molecule has 0 amide bonds. The molecule has 0 aromatic heterocycles. The predicted molar refractivity (Wildman–Crippen MR) is 77.6 cm³/mol. The lowest BCUT2D eigenvalue weighted by atomic mass is 10.1. The number of hydrogen-bond donors (Lipinski definition) is 1. The third kappa shape index (κ3) is 3.10. The van der Waals surface area contributed by atoms with E-state index in [0.29, 0.717) is 0 Å². The van der Waals surface area contributed by atoms with Crippen molar-refractivity contribution in [2.45, 2.75) is 26.3 Å². The SMILES string of the molecule is CCN1CCC(CNCc2ccc3c(c2)CCO3)C1. The number of rotatable bonds is 5. The van der Waals surface area contributed by atoms with Gasteiger partial charge in [0, 0.05) is 19.5 Å². The summed E-state index contributed by atoms with van der Waals surface area (Å²) in [6.07, 6.45) is 2.41. The number of benzene rings is 1. The molecule has 3 nitrogen and oxygen atoms in total. The zero-order valence-electron chi connectivity index (χ0n) is 11.8. The van der Waals surface area contributed by atoms with Crippen molar-refractivity contribution in [2.75, 3.05) is 32.8 Å². The first-order valence-electron chi connectivity index (χ1n) is 7.53. The number of hydrogen-bond acceptors (Lipinski definition) is 3. The van der Waals surface area contributed by atoms with Gasteiger partial charge in [0.15, 0.2) is 0 Å².